The van der Waals surface area contributed by atoms with Crippen molar-refractivity contribution in [1.82, 2.24) is 0 Å². The second-order valence-corrected chi connectivity index (χ2v) is 9.36. The van der Waals surface area contributed by atoms with E-state index < -0.39 is 50.4 Å². The predicted octanol–water partition coefficient (Wildman–Crippen LogP) is 1.56. The maximum Gasteiger partial charge on any atom is 0.530 e. The molecule has 2 heterocycles. The van der Waals surface area contributed by atoms with E-state index in [1.165, 1.54) is 0 Å². The van der Waals surface area contributed by atoms with Gasteiger partial charge in [-0.1, -0.05) is 0 Å². The number of hydrogen-bond donors (Lipinski definition) is 2. The van der Waals surface area contributed by atoms with Gasteiger partial charge in [0.25, 0.3) is 0 Å². The molecule has 11 heteroatoms. The van der Waals surface area contributed by atoms with E-state index in [9.17, 15) is 19.4 Å². The van der Waals surface area contributed by atoms with Crippen molar-refractivity contribution < 1.29 is 47.4 Å². The van der Waals surface area contributed by atoms with Crippen LogP contribution in [0.5, 0.6) is 0 Å². The summed E-state index contributed by atoms with van der Waals surface area (Å²) >= 11 is 0. The Balaban J connectivity index is 2.01. The van der Waals surface area contributed by atoms with Crippen LogP contribution in [-0.2, 0) is 37.4 Å². The van der Waals surface area contributed by atoms with E-state index in [0.29, 0.717) is 6.42 Å². The van der Waals surface area contributed by atoms with E-state index in [0.717, 1.165) is 0 Å². The highest BCUT2D eigenvalue weighted by Crippen LogP contribution is 2.48. The first-order valence-electron chi connectivity index (χ1n) is 9.90. The van der Waals surface area contributed by atoms with Crippen LogP contribution in [0.4, 0.5) is 0 Å². The third kappa shape index (κ3) is 6.97. The molecule has 0 aromatic carbocycles. The summed E-state index contributed by atoms with van der Waals surface area (Å²) < 4.78 is 44.5. The SMILES string of the molecule is CC(C)OC[C@H]1O[C@@H](C)C(O)[C@H]1OP(=O)(O)OC(=O)[C@H]1O[C@@H](C)CC1OC(C)C. The lowest BCUT2D eigenvalue weighted by atomic mass is 10.1. The molecule has 0 bridgehead atoms. The number of phosphoric ester groups is 1. The van der Waals surface area contributed by atoms with E-state index >= 15 is 0 Å². The lowest BCUT2D eigenvalue weighted by Gasteiger charge is -2.25. The van der Waals surface area contributed by atoms with Crippen molar-refractivity contribution in [3.63, 3.8) is 0 Å². The molecule has 2 N–H and O–H groups in total. The highest BCUT2D eigenvalue weighted by molar-refractivity contribution is 7.48. The number of hydrogen-bond acceptors (Lipinski definition) is 9. The Morgan fingerprint density at radius 3 is 2.41 bits per heavy atom. The fourth-order valence-corrected chi connectivity index (χ4v) is 4.28. The monoisotopic (exact) mass is 440 g/mol. The summed E-state index contributed by atoms with van der Waals surface area (Å²) in [5, 5.41) is 10.3. The van der Waals surface area contributed by atoms with E-state index in [2.05, 4.69) is 0 Å². The molecule has 0 spiro atoms. The van der Waals surface area contributed by atoms with Gasteiger partial charge in [-0.15, -0.1) is 0 Å². The molecule has 2 rings (SSSR count). The van der Waals surface area contributed by atoms with Crippen LogP contribution in [-0.4, -0.2) is 77.5 Å². The number of aliphatic hydroxyl groups excluding tert-OH is 1. The summed E-state index contributed by atoms with van der Waals surface area (Å²) in [6, 6.07) is 0. The van der Waals surface area contributed by atoms with Crippen LogP contribution < -0.4 is 0 Å². The molecule has 170 valence electrons. The van der Waals surface area contributed by atoms with Gasteiger partial charge in [-0.25, -0.2) is 9.36 Å². The highest BCUT2D eigenvalue weighted by atomic mass is 31.2. The van der Waals surface area contributed by atoms with Crippen molar-refractivity contribution in [1.29, 1.82) is 0 Å². The number of aliphatic hydroxyl groups is 1. The summed E-state index contributed by atoms with van der Waals surface area (Å²) in [5.41, 5.74) is 0. The Morgan fingerprint density at radius 1 is 1.17 bits per heavy atom. The number of carbonyl (C=O) groups excluding carboxylic acids is 1. The topological polar surface area (TPSA) is 130 Å². The minimum Gasteiger partial charge on any atom is -0.388 e. The van der Waals surface area contributed by atoms with Crippen LogP contribution >= 0.6 is 7.82 Å². The van der Waals surface area contributed by atoms with Crippen LogP contribution in [0.1, 0.15) is 48.0 Å². The van der Waals surface area contributed by atoms with Crippen molar-refractivity contribution >= 4 is 13.8 Å². The standard InChI is InChI=1S/C18H33O10P/c1-9(2)23-8-14-16(15(19)12(6)26-14)27-29(21,22)28-18(20)17-13(24-10(3)4)7-11(5)25-17/h9-17,19H,7-8H2,1-6H3,(H,21,22)/t11-,12-,13?,14+,15?,16-,17-/m0/s1. The van der Waals surface area contributed by atoms with Crippen molar-refractivity contribution in [2.45, 2.75) is 103 Å². The molecule has 0 aromatic rings. The quantitative estimate of drug-likeness (QED) is 0.509. The van der Waals surface area contributed by atoms with Gasteiger partial charge in [-0.05, 0) is 41.5 Å². The first-order valence-corrected chi connectivity index (χ1v) is 11.4. The largest absolute Gasteiger partial charge is 0.530 e. The molecular weight excluding hydrogens is 407 g/mol. The molecular formula is C18H33O10P. The average molecular weight is 440 g/mol. The molecule has 0 aromatic heterocycles. The maximum absolute atomic E-state index is 12.5. The van der Waals surface area contributed by atoms with Gasteiger partial charge in [-0.2, -0.15) is 0 Å². The van der Waals surface area contributed by atoms with E-state index in [-0.39, 0.29) is 24.9 Å². The summed E-state index contributed by atoms with van der Waals surface area (Å²) in [6.45, 7) is 10.7. The fourth-order valence-electron chi connectivity index (χ4n) is 3.34. The van der Waals surface area contributed by atoms with Gasteiger partial charge in [-0.3, -0.25) is 9.42 Å². The molecule has 8 atom stereocenters. The van der Waals surface area contributed by atoms with Gasteiger partial charge in [0.05, 0.1) is 37.1 Å². The minimum atomic E-state index is -4.86. The smallest absolute Gasteiger partial charge is 0.388 e. The molecule has 0 radical (unpaired) electrons. The fraction of sp³-hybridized carbons (Fsp3) is 0.944. The molecule has 2 aliphatic rings. The summed E-state index contributed by atoms with van der Waals surface area (Å²) in [7, 11) is -4.86. The Labute approximate surface area is 171 Å². The first kappa shape index (κ1) is 24.7. The molecule has 2 aliphatic heterocycles. The number of rotatable bonds is 9. The number of carbonyl (C=O) groups is 1. The van der Waals surface area contributed by atoms with E-state index in [4.69, 9.17) is 28.0 Å². The van der Waals surface area contributed by atoms with Crippen molar-refractivity contribution in [3.05, 3.63) is 0 Å². The molecule has 10 nitrogen and oxygen atoms in total. The second-order valence-electron chi connectivity index (χ2n) is 8.03. The number of ether oxygens (including phenoxy) is 4. The van der Waals surface area contributed by atoms with Gasteiger partial charge in [0.1, 0.15) is 18.3 Å². The van der Waals surface area contributed by atoms with Crippen LogP contribution in [0.15, 0.2) is 0 Å². The highest BCUT2D eigenvalue weighted by Gasteiger charge is 2.49. The molecule has 29 heavy (non-hydrogen) atoms. The Kier molecular flexibility index (Phi) is 8.64. The third-order valence-electron chi connectivity index (χ3n) is 4.59. The molecule has 2 fully saturated rings. The Morgan fingerprint density at radius 2 is 1.83 bits per heavy atom. The predicted molar refractivity (Wildman–Crippen MR) is 101 cm³/mol. The molecule has 2 saturated heterocycles. The molecule has 0 amide bonds. The van der Waals surface area contributed by atoms with Gasteiger partial charge < -0.3 is 28.6 Å². The lowest BCUT2D eigenvalue weighted by molar-refractivity contribution is -0.155. The Bertz CT molecular complexity index is 597. The first-order chi connectivity index (χ1) is 13.4. The summed E-state index contributed by atoms with van der Waals surface area (Å²) in [6.07, 6.45) is -5.62. The average Bonchev–Trinajstić information content (AvgIpc) is 3.06. The van der Waals surface area contributed by atoms with Crippen LogP contribution in [0.25, 0.3) is 0 Å². The summed E-state index contributed by atoms with van der Waals surface area (Å²) in [4.78, 5) is 22.6. The minimum absolute atomic E-state index is 0.0469. The summed E-state index contributed by atoms with van der Waals surface area (Å²) in [5.74, 6) is -1.05. The third-order valence-corrected chi connectivity index (χ3v) is 5.51. The number of phosphoric acid groups is 1. The van der Waals surface area contributed by atoms with E-state index in [1.807, 2.05) is 27.7 Å². The Hall–Kier alpha value is -0.580. The van der Waals surface area contributed by atoms with Crippen LogP contribution in [0.3, 0.4) is 0 Å². The van der Waals surface area contributed by atoms with Gasteiger partial charge >= 0.3 is 13.8 Å². The van der Waals surface area contributed by atoms with Crippen molar-refractivity contribution in [3.8, 4) is 0 Å². The molecule has 3 unspecified atom stereocenters. The molecule has 0 aliphatic carbocycles. The van der Waals surface area contributed by atoms with Gasteiger partial charge in [0.15, 0.2) is 6.10 Å². The van der Waals surface area contributed by atoms with E-state index in [1.54, 1.807) is 13.8 Å². The van der Waals surface area contributed by atoms with Crippen molar-refractivity contribution in [2.75, 3.05) is 6.61 Å². The van der Waals surface area contributed by atoms with Crippen LogP contribution in [0, 0.1) is 0 Å². The van der Waals surface area contributed by atoms with Crippen molar-refractivity contribution in [2.24, 2.45) is 0 Å². The van der Waals surface area contributed by atoms with Crippen LogP contribution in [0.2, 0.25) is 0 Å². The maximum atomic E-state index is 12.5. The zero-order valence-corrected chi connectivity index (χ0v) is 18.6. The molecule has 0 saturated carbocycles. The second kappa shape index (κ2) is 10.2. The zero-order valence-electron chi connectivity index (χ0n) is 17.7. The van der Waals surface area contributed by atoms with Gasteiger partial charge in [0, 0.05) is 6.42 Å². The lowest BCUT2D eigenvalue weighted by Crippen LogP contribution is -2.38. The van der Waals surface area contributed by atoms with Gasteiger partial charge in [0.2, 0.25) is 0 Å². The normalized spacial score (nSPS) is 37.2. The zero-order chi connectivity index (χ0) is 21.9.